The maximum absolute atomic E-state index is 10.5. The smallest absolute Gasteiger partial charge is 0.0611 e. The predicted molar refractivity (Wildman–Crippen MR) is 124 cm³/mol. The summed E-state index contributed by atoms with van der Waals surface area (Å²) in [6, 6.07) is 8.77. The van der Waals surface area contributed by atoms with Gasteiger partial charge in [0.15, 0.2) is 0 Å². The third-order valence-corrected chi connectivity index (χ3v) is 6.50. The van der Waals surface area contributed by atoms with Crippen LogP contribution >= 0.6 is 0 Å². The van der Waals surface area contributed by atoms with Crippen molar-refractivity contribution < 1.29 is 5.11 Å². The molecule has 1 fully saturated rings. The summed E-state index contributed by atoms with van der Waals surface area (Å²) in [7, 11) is 4.28. The normalized spacial score (nSPS) is 26.7. The number of allylic oxidation sites excluding steroid dienone is 5. The van der Waals surface area contributed by atoms with Crippen molar-refractivity contribution in [2.24, 2.45) is 17.8 Å². The number of hydrogen-bond acceptors (Lipinski definition) is 2. The van der Waals surface area contributed by atoms with Crippen molar-refractivity contribution in [3.63, 3.8) is 0 Å². The number of aryl methyl sites for hydroxylation is 2. The third kappa shape index (κ3) is 6.69. The van der Waals surface area contributed by atoms with Crippen molar-refractivity contribution in [1.82, 2.24) is 4.90 Å². The highest BCUT2D eigenvalue weighted by atomic mass is 16.3. The zero-order valence-corrected chi connectivity index (χ0v) is 18.6. The van der Waals surface area contributed by atoms with Crippen molar-refractivity contribution >= 4 is 0 Å². The van der Waals surface area contributed by atoms with Crippen LogP contribution in [0.2, 0.25) is 0 Å². The molecule has 2 aliphatic rings. The fraction of sp³-hybridized carbons (Fsp3) is 0.556. The van der Waals surface area contributed by atoms with E-state index < -0.39 is 0 Å². The van der Waals surface area contributed by atoms with Crippen LogP contribution in [-0.4, -0.2) is 36.8 Å². The van der Waals surface area contributed by atoms with Crippen LogP contribution in [0.5, 0.6) is 0 Å². The molecule has 0 aliphatic heterocycles. The molecule has 0 radical (unpaired) electrons. The van der Waals surface area contributed by atoms with Gasteiger partial charge in [-0.05, 0) is 89.9 Å². The maximum atomic E-state index is 10.5. The molecule has 0 aromatic heterocycles. The topological polar surface area (TPSA) is 23.5 Å². The quantitative estimate of drug-likeness (QED) is 0.406. The summed E-state index contributed by atoms with van der Waals surface area (Å²) in [5, 5.41) is 10.5. The number of unbranched alkanes of at least 4 members (excludes halogenated alkanes) is 2. The molecule has 0 unspecified atom stereocenters. The van der Waals surface area contributed by atoms with Crippen molar-refractivity contribution in [2.45, 2.75) is 58.0 Å². The molecule has 4 atom stereocenters. The summed E-state index contributed by atoms with van der Waals surface area (Å²) >= 11 is 0. The Labute approximate surface area is 178 Å². The number of benzene rings is 1. The Kier molecular flexibility index (Phi) is 8.32. The zero-order chi connectivity index (χ0) is 20.6. The number of nitrogens with zero attached hydrogens (tertiary/aromatic N) is 1. The molecule has 2 aliphatic carbocycles. The van der Waals surface area contributed by atoms with Crippen LogP contribution in [0.3, 0.4) is 0 Å². The van der Waals surface area contributed by atoms with E-state index in [1.54, 1.807) is 0 Å². The molecule has 0 saturated heterocycles. The number of aliphatic hydroxyl groups is 1. The standard InChI is InChI=1S/C27H39NO/c1-21-11-10-14-22(17-21)12-7-8-15-25-26-19-23(18-24(26)20-27(25)29)13-6-4-5-9-16-28(2)3/h6,8,10-11,13-15,17-18,24-27,29H,4-5,7,9,12,16,19-20H2,1-3H3/t24-,25+,26-,27+/m0/s1. The minimum Gasteiger partial charge on any atom is -0.392 e. The van der Waals surface area contributed by atoms with Crippen molar-refractivity contribution in [3.05, 3.63) is 71.3 Å². The molecule has 158 valence electrons. The lowest BCUT2D eigenvalue weighted by atomic mass is 9.89. The van der Waals surface area contributed by atoms with Crippen LogP contribution in [0.1, 0.15) is 49.7 Å². The largest absolute Gasteiger partial charge is 0.392 e. The van der Waals surface area contributed by atoms with Gasteiger partial charge in [0.25, 0.3) is 0 Å². The molecule has 2 nitrogen and oxygen atoms in total. The van der Waals surface area contributed by atoms with Crippen molar-refractivity contribution in [1.29, 1.82) is 0 Å². The Morgan fingerprint density at radius 3 is 2.79 bits per heavy atom. The Morgan fingerprint density at radius 1 is 1.14 bits per heavy atom. The highest BCUT2D eigenvalue weighted by Crippen LogP contribution is 2.47. The lowest BCUT2D eigenvalue weighted by Gasteiger charge is -2.17. The average Bonchev–Trinajstić information content (AvgIpc) is 3.18. The van der Waals surface area contributed by atoms with Gasteiger partial charge in [-0.3, -0.25) is 0 Å². The molecule has 2 heteroatoms. The first kappa shape index (κ1) is 22.1. The Bertz CT molecular complexity index is 730. The van der Waals surface area contributed by atoms with Gasteiger partial charge >= 0.3 is 0 Å². The molecular weight excluding hydrogens is 354 g/mol. The van der Waals surface area contributed by atoms with Crippen LogP contribution < -0.4 is 0 Å². The van der Waals surface area contributed by atoms with Gasteiger partial charge in [-0.1, -0.05) is 65.8 Å². The van der Waals surface area contributed by atoms with Gasteiger partial charge in [0.2, 0.25) is 0 Å². The maximum Gasteiger partial charge on any atom is 0.0611 e. The number of hydrogen-bond donors (Lipinski definition) is 1. The molecule has 3 rings (SSSR count). The predicted octanol–water partition coefficient (Wildman–Crippen LogP) is 5.72. The van der Waals surface area contributed by atoms with Crippen LogP contribution in [-0.2, 0) is 6.42 Å². The minimum absolute atomic E-state index is 0.173. The number of fused-ring (bicyclic) bond motifs is 1. The highest BCUT2D eigenvalue weighted by Gasteiger charge is 2.42. The van der Waals surface area contributed by atoms with Gasteiger partial charge in [0.05, 0.1) is 6.10 Å². The van der Waals surface area contributed by atoms with E-state index in [4.69, 9.17) is 0 Å². The monoisotopic (exact) mass is 393 g/mol. The lowest BCUT2D eigenvalue weighted by molar-refractivity contribution is 0.141. The Balaban J connectivity index is 1.43. The van der Waals surface area contributed by atoms with E-state index in [-0.39, 0.29) is 6.10 Å². The van der Waals surface area contributed by atoms with Crippen LogP contribution in [0.15, 0.2) is 60.2 Å². The second kappa shape index (κ2) is 10.9. The second-order valence-corrected chi connectivity index (χ2v) is 9.31. The van der Waals surface area contributed by atoms with E-state index in [2.05, 4.69) is 80.6 Å². The Morgan fingerprint density at radius 2 is 2.00 bits per heavy atom. The molecule has 1 aromatic carbocycles. The lowest BCUT2D eigenvalue weighted by Crippen LogP contribution is -2.16. The summed E-state index contributed by atoms with van der Waals surface area (Å²) in [4.78, 5) is 2.25. The van der Waals surface area contributed by atoms with E-state index in [0.717, 1.165) is 25.7 Å². The van der Waals surface area contributed by atoms with Gasteiger partial charge in [-0.2, -0.15) is 0 Å². The summed E-state index contributed by atoms with van der Waals surface area (Å²) < 4.78 is 0. The first-order valence-electron chi connectivity index (χ1n) is 11.4. The van der Waals surface area contributed by atoms with E-state index >= 15 is 0 Å². The SMILES string of the molecule is Cc1cccc(CCC=C[C@@H]2[C@H]3CC(C=CCCCCN(C)C)=C[C@H]3C[C@H]2O)c1. The van der Waals surface area contributed by atoms with E-state index in [9.17, 15) is 5.11 Å². The molecule has 1 aromatic rings. The van der Waals surface area contributed by atoms with E-state index in [0.29, 0.717) is 17.8 Å². The Hall–Kier alpha value is -1.64. The number of aliphatic hydroxyl groups excluding tert-OH is 1. The van der Waals surface area contributed by atoms with Crippen LogP contribution in [0.25, 0.3) is 0 Å². The van der Waals surface area contributed by atoms with Crippen molar-refractivity contribution in [2.75, 3.05) is 20.6 Å². The highest BCUT2D eigenvalue weighted by molar-refractivity contribution is 5.29. The first-order chi connectivity index (χ1) is 14.0. The molecule has 0 amide bonds. The fourth-order valence-electron chi connectivity index (χ4n) is 4.97. The van der Waals surface area contributed by atoms with Crippen LogP contribution in [0, 0.1) is 24.7 Å². The third-order valence-electron chi connectivity index (χ3n) is 6.50. The minimum atomic E-state index is -0.173. The molecule has 0 heterocycles. The molecule has 29 heavy (non-hydrogen) atoms. The van der Waals surface area contributed by atoms with E-state index in [1.807, 2.05) is 0 Å². The van der Waals surface area contributed by atoms with Gasteiger partial charge in [0, 0.05) is 5.92 Å². The van der Waals surface area contributed by atoms with Gasteiger partial charge in [-0.15, -0.1) is 0 Å². The van der Waals surface area contributed by atoms with Gasteiger partial charge in [-0.25, -0.2) is 0 Å². The van der Waals surface area contributed by atoms with Gasteiger partial charge in [0.1, 0.15) is 0 Å². The summed E-state index contributed by atoms with van der Waals surface area (Å²) in [6.45, 7) is 3.33. The van der Waals surface area contributed by atoms with Crippen molar-refractivity contribution in [3.8, 4) is 0 Å². The first-order valence-corrected chi connectivity index (χ1v) is 11.4. The average molecular weight is 394 g/mol. The summed E-state index contributed by atoms with van der Waals surface area (Å²) in [6.07, 6.45) is 19.5. The summed E-state index contributed by atoms with van der Waals surface area (Å²) in [5.41, 5.74) is 4.22. The second-order valence-electron chi connectivity index (χ2n) is 9.31. The summed E-state index contributed by atoms with van der Waals surface area (Å²) in [5.74, 6) is 1.47. The molecule has 1 N–H and O–H groups in total. The fourth-order valence-corrected chi connectivity index (χ4v) is 4.97. The van der Waals surface area contributed by atoms with E-state index in [1.165, 1.54) is 42.5 Å². The van der Waals surface area contributed by atoms with Crippen LogP contribution in [0.4, 0.5) is 0 Å². The number of rotatable bonds is 10. The molecular formula is C27H39NO. The molecule has 0 bridgehead atoms. The molecule has 0 spiro atoms. The zero-order valence-electron chi connectivity index (χ0n) is 18.6. The van der Waals surface area contributed by atoms with Gasteiger partial charge < -0.3 is 10.0 Å². The molecule has 1 saturated carbocycles.